The van der Waals surface area contributed by atoms with Crippen molar-refractivity contribution in [3.8, 4) is 5.75 Å². The normalized spacial score (nSPS) is 24.7. The Balaban J connectivity index is 1.24. The van der Waals surface area contributed by atoms with Crippen LogP contribution < -0.4 is 10.1 Å². The Hall–Kier alpha value is -2.18. The first-order valence-corrected chi connectivity index (χ1v) is 9.58. The van der Waals surface area contributed by atoms with Crippen molar-refractivity contribution in [3.63, 3.8) is 0 Å². The quantitative estimate of drug-likeness (QED) is 0.724. The summed E-state index contributed by atoms with van der Waals surface area (Å²) in [6.45, 7) is -0.114. The molecule has 3 aliphatic rings. The number of hydrogen-bond donors (Lipinski definition) is 1. The Morgan fingerprint density at radius 1 is 1.18 bits per heavy atom. The van der Waals surface area contributed by atoms with E-state index in [0.29, 0.717) is 17.1 Å². The standard InChI is InChI=1S/C20H17Cl2FN2O3/c21-12-1-4-17(24-7-12)18(27)25-20-9-19(10-20,11-20)6-13(26)8-28-14-2-3-15(22)16(23)5-14/h1-5,7H,6,8-11H2,(H,25,27). The molecule has 0 aliphatic heterocycles. The first kappa shape index (κ1) is 19.2. The van der Waals surface area contributed by atoms with Crippen LogP contribution in [0.3, 0.4) is 0 Å². The summed E-state index contributed by atoms with van der Waals surface area (Å²) >= 11 is 11.4. The zero-order valence-electron chi connectivity index (χ0n) is 14.8. The second-order valence-corrected chi connectivity index (χ2v) is 8.55. The number of ether oxygens (including phenoxy) is 1. The van der Waals surface area contributed by atoms with E-state index in [1.165, 1.54) is 18.3 Å². The van der Waals surface area contributed by atoms with Crippen LogP contribution in [0.15, 0.2) is 36.5 Å². The Kier molecular flexibility index (Phi) is 4.79. The minimum atomic E-state index is -0.584. The highest BCUT2D eigenvalue weighted by atomic mass is 35.5. The summed E-state index contributed by atoms with van der Waals surface area (Å²) in [5.74, 6) is -0.593. The lowest BCUT2D eigenvalue weighted by atomic mass is 9.38. The molecule has 28 heavy (non-hydrogen) atoms. The smallest absolute Gasteiger partial charge is 0.270 e. The van der Waals surface area contributed by atoms with Crippen molar-refractivity contribution in [3.05, 3.63) is 58.1 Å². The van der Waals surface area contributed by atoms with Crippen molar-refractivity contribution >= 4 is 34.9 Å². The predicted octanol–water partition coefficient (Wildman–Crippen LogP) is 4.22. The summed E-state index contributed by atoms with van der Waals surface area (Å²) < 4.78 is 18.7. The van der Waals surface area contributed by atoms with Crippen LogP contribution in [0.25, 0.3) is 0 Å². The van der Waals surface area contributed by atoms with Crippen LogP contribution in [-0.4, -0.2) is 28.8 Å². The van der Waals surface area contributed by atoms with Gasteiger partial charge in [-0.25, -0.2) is 9.37 Å². The summed E-state index contributed by atoms with van der Waals surface area (Å²) in [6.07, 6.45) is 4.12. The summed E-state index contributed by atoms with van der Waals surface area (Å²) in [4.78, 5) is 28.5. The molecule has 3 saturated carbocycles. The van der Waals surface area contributed by atoms with E-state index in [-0.39, 0.29) is 40.0 Å². The summed E-state index contributed by atoms with van der Waals surface area (Å²) in [5, 5.41) is 3.50. The summed E-state index contributed by atoms with van der Waals surface area (Å²) in [7, 11) is 0. The van der Waals surface area contributed by atoms with Crippen molar-refractivity contribution in [2.45, 2.75) is 31.2 Å². The molecule has 5 nitrogen and oxygen atoms in total. The van der Waals surface area contributed by atoms with Crippen molar-refractivity contribution in [2.75, 3.05) is 6.61 Å². The largest absolute Gasteiger partial charge is 0.486 e. The molecular formula is C20H17Cl2FN2O3. The first-order valence-electron chi connectivity index (χ1n) is 8.82. The van der Waals surface area contributed by atoms with Crippen LogP contribution in [0.5, 0.6) is 5.75 Å². The number of pyridine rings is 1. The molecule has 1 heterocycles. The molecule has 2 bridgehead atoms. The van der Waals surface area contributed by atoms with Crippen LogP contribution in [0, 0.1) is 11.2 Å². The molecule has 5 rings (SSSR count). The van der Waals surface area contributed by atoms with E-state index in [0.717, 1.165) is 25.3 Å². The SMILES string of the molecule is O=C(COc1ccc(Cl)c(F)c1)CC12CC(NC(=O)c3ccc(Cl)cn3)(C1)C2. The van der Waals surface area contributed by atoms with Crippen molar-refractivity contribution in [1.29, 1.82) is 0 Å². The maximum atomic E-state index is 13.4. The Bertz CT molecular complexity index is 929. The van der Waals surface area contributed by atoms with Gasteiger partial charge in [0.2, 0.25) is 0 Å². The molecule has 146 valence electrons. The van der Waals surface area contributed by atoms with Crippen LogP contribution in [0.2, 0.25) is 10.0 Å². The summed E-state index contributed by atoms with van der Waals surface area (Å²) in [5.41, 5.74) is 0.0217. The van der Waals surface area contributed by atoms with E-state index in [1.807, 2.05) is 0 Å². The fraction of sp³-hybridized carbons (Fsp3) is 0.350. The van der Waals surface area contributed by atoms with Gasteiger partial charge in [0, 0.05) is 24.2 Å². The molecule has 0 radical (unpaired) electrons. The number of halogens is 3. The predicted molar refractivity (Wildman–Crippen MR) is 102 cm³/mol. The highest BCUT2D eigenvalue weighted by molar-refractivity contribution is 6.30. The molecule has 0 unspecified atom stereocenters. The van der Waals surface area contributed by atoms with Crippen molar-refractivity contribution in [1.82, 2.24) is 10.3 Å². The molecule has 2 aromatic rings. The van der Waals surface area contributed by atoms with E-state index in [4.69, 9.17) is 27.9 Å². The zero-order chi connectivity index (χ0) is 19.9. The second-order valence-electron chi connectivity index (χ2n) is 7.71. The van der Waals surface area contributed by atoms with E-state index in [1.54, 1.807) is 12.1 Å². The average Bonchev–Trinajstić information content (AvgIpc) is 2.60. The number of nitrogens with zero attached hydrogens (tertiary/aromatic N) is 1. The molecule has 8 heteroatoms. The number of Topliss-reactive ketones (excluding diaryl/α,β-unsaturated/α-hetero) is 1. The molecule has 1 amide bonds. The highest BCUT2D eigenvalue weighted by Crippen LogP contribution is 2.69. The molecule has 1 N–H and O–H groups in total. The molecule has 3 fully saturated rings. The molecule has 0 saturated heterocycles. The number of aromatic nitrogens is 1. The molecular weight excluding hydrogens is 406 g/mol. The van der Waals surface area contributed by atoms with Gasteiger partial charge in [-0.2, -0.15) is 0 Å². The Morgan fingerprint density at radius 2 is 1.93 bits per heavy atom. The van der Waals surface area contributed by atoms with Crippen LogP contribution >= 0.6 is 23.2 Å². The van der Waals surface area contributed by atoms with Gasteiger partial charge in [0.05, 0.1) is 10.0 Å². The van der Waals surface area contributed by atoms with Crippen molar-refractivity contribution < 1.29 is 18.7 Å². The number of carbonyl (C=O) groups is 2. The molecule has 1 aromatic carbocycles. The number of ketones is 1. The van der Waals surface area contributed by atoms with Gasteiger partial charge < -0.3 is 10.1 Å². The lowest BCUT2D eigenvalue weighted by molar-refractivity contribution is -0.162. The van der Waals surface area contributed by atoms with Gasteiger partial charge in [0.15, 0.2) is 5.78 Å². The monoisotopic (exact) mass is 422 g/mol. The second kappa shape index (κ2) is 7.01. The maximum absolute atomic E-state index is 13.4. The van der Waals surface area contributed by atoms with E-state index < -0.39 is 5.82 Å². The minimum Gasteiger partial charge on any atom is -0.486 e. The lowest BCUT2D eigenvalue weighted by Gasteiger charge is -2.70. The topological polar surface area (TPSA) is 68.3 Å². The lowest BCUT2D eigenvalue weighted by Crippen LogP contribution is -2.75. The third-order valence-corrected chi connectivity index (χ3v) is 5.87. The van der Waals surface area contributed by atoms with Gasteiger partial charge >= 0.3 is 0 Å². The average molecular weight is 423 g/mol. The summed E-state index contributed by atoms with van der Waals surface area (Å²) in [6, 6.07) is 7.28. The van der Waals surface area contributed by atoms with E-state index in [2.05, 4.69) is 10.3 Å². The molecule has 0 spiro atoms. The number of amides is 1. The Labute approximate surface area is 171 Å². The van der Waals surface area contributed by atoms with E-state index in [9.17, 15) is 14.0 Å². The van der Waals surface area contributed by atoms with E-state index >= 15 is 0 Å². The fourth-order valence-electron chi connectivity index (χ4n) is 4.33. The number of nitrogens with one attached hydrogen (secondary N) is 1. The zero-order valence-corrected chi connectivity index (χ0v) is 16.3. The number of hydrogen-bond acceptors (Lipinski definition) is 4. The highest BCUT2D eigenvalue weighted by Gasteiger charge is 2.68. The molecule has 1 aromatic heterocycles. The van der Waals surface area contributed by atoms with Gasteiger partial charge in [-0.1, -0.05) is 23.2 Å². The third kappa shape index (κ3) is 3.71. The van der Waals surface area contributed by atoms with Crippen LogP contribution in [0.4, 0.5) is 4.39 Å². The van der Waals surface area contributed by atoms with Gasteiger partial charge in [-0.05, 0) is 48.9 Å². The van der Waals surface area contributed by atoms with Crippen molar-refractivity contribution in [2.24, 2.45) is 5.41 Å². The number of rotatable bonds is 7. The van der Waals surface area contributed by atoms with Crippen LogP contribution in [-0.2, 0) is 4.79 Å². The molecule has 0 atom stereocenters. The van der Waals surface area contributed by atoms with Crippen LogP contribution in [0.1, 0.15) is 36.2 Å². The van der Waals surface area contributed by atoms with Gasteiger partial charge in [-0.15, -0.1) is 0 Å². The van der Waals surface area contributed by atoms with Gasteiger partial charge in [-0.3, -0.25) is 9.59 Å². The Morgan fingerprint density at radius 3 is 2.57 bits per heavy atom. The minimum absolute atomic E-state index is 0.00805. The third-order valence-electron chi connectivity index (χ3n) is 5.34. The fourth-order valence-corrected chi connectivity index (χ4v) is 4.56. The maximum Gasteiger partial charge on any atom is 0.270 e. The number of carbonyl (C=O) groups excluding carboxylic acids is 2. The molecule has 3 aliphatic carbocycles. The van der Waals surface area contributed by atoms with Gasteiger partial charge in [0.25, 0.3) is 5.91 Å². The van der Waals surface area contributed by atoms with Gasteiger partial charge in [0.1, 0.15) is 23.9 Å². The number of benzene rings is 1. The first-order chi connectivity index (χ1) is 13.3.